The molecule has 3 heteroatoms. The Morgan fingerprint density at radius 3 is 3.05 bits per heavy atom. The molecule has 0 saturated heterocycles. The number of hydrogen-bond donors (Lipinski definition) is 1. The molecule has 1 aliphatic carbocycles. The SMILES string of the molecule is Cc1cnc(C(C)NCC2CCCc3ccccc32)o1. The molecule has 0 bridgehead atoms. The highest BCUT2D eigenvalue weighted by Crippen LogP contribution is 2.31. The maximum absolute atomic E-state index is 5.58. The van der Waals surface area contributed by atoms with Gasteiger partial charge >= 0.3 is 0 Å². The minimum atomic E-state index is 0.165. The van der Waals surface area contributed by atoms with E-state index in [1.54, 1.807) is 6.20 Å². The number of nitrogens with zero attached hydrogens (tertiary/aromatic N) is 1. The molecule has 1 N–H and O–H groups in total. The molecule has 3 nitrogen and oxygen atoms in total. The van der Waals surface area contributed by atoms with Crippen molar-refractivity contribution >= 4 is 0 Å². The van der Waals surface area contributed by atoms with E-state index in [1.165, 1.54) is 30.4 Å². The molecule has 0 fully saturated rings. The Morgan fingerprint density at radius 2 is 2.25 bits per heavy atom. The lowest BCUT2D eigenvalue weighted by Crippen LogP contribution is -2.27. The predicted octanol–water partition coefficient (Wildman–Crippen LogP) is 3.75. The van der Waals surface area contributed by atoms with E-state index in [0.29, 0.717) is 5.92 Å². The van der Waals surface area contributed by atoms with Gasteiger partial charge in [0.2, 0.25) is 5.89 Å². The molecule has 20 heavy (non-hydrogen) atoms. The van der Waals surface area contributed by atoms with Crippen LogP contribution < -0.4 is 5.32 Å². The van der Waals surface area contributed by atoms with Crippen LogP contribution in [-0.4, -0.2) is 11.5 Å². The number of rotatable bonds is 4. The number of nitrogens with one attached hydrogen (secondary N) is 1. The second-order valence-corrected chi connectivity index (χ2v) is 5.73. The van der Waals surface area contributed by atoms with Gasteiger partial charge in [0.1, 0.15) is 5.76 Å². The largest absolute Gasteiger partial charge is 0.444 e. The quantitative estimate of drug-likeness (QED) is 0.919. The maximum atomic E-state index is 5.58. The molecule has 106 valence electrons. The minimum absolute atomic E-state index is 0.165. The lowest BCUT2D eigenvalue weighted by atomic mass is 9.83. The number of fused-ring (bicyclic) bond motifs is 1. The van der Waals surface area contributed by atoms with Crippen LogP contribution in [0.15, 0.2) is 34.9 Å². The Balaban J connectivity index is 1.65. The third-order valence-corrected chi connectivity index (χ3v) is 4.17. The second-order valence-electron chi connectivity index (χ2n) is 5.73. The maximum Gasteiger partial charge on any atom is 0.211 e. The van der Waals surface area contributed by atoms with Crippen LogP contribution in [0.1, 0.15) is 54.5 Å². The molecule has 0 saturated carbocycles. The van der Waals surface area contributed by atoms with E-state index in [-0.39, 0.29) is 6.04 Å². The van der Waals surface area contributed by atoms with Gasteiger partial charge in [-0.25, -0.2) is 4.98 Å². The highest BCUT2D eigenvalue weighted by Gasteiger charge is 2.21. The van der Waals surface area contributed by atoms with E-state index in [2.05, 4.69) is 41.5 Å². The van der Waals surface area contributed by atoms with Crippen molar-refractivity contribution in [3.05, 3.63) is 53.2 Å². The standard InChI is InChI=1S/C17H22N2O/c1-12-10-19-17(20-12)13(2)18-11-15-8-5-7-14-6-3-4-9-16(14)15/h3-4,6,9-10,13,15,18H,5,7-8,11H2,1-2H3. The van der Waals surface area contributed by atoms with Crippen LogP contribution in [0.4, 0.5) is 0 Å². The summed E-state index contributed by atoms with van der Waals surface area (Å²) in [5.41, 5.74) is 3.03. The molecule has 0 amide bonds. The molecule has 3 rings (SSSR count). The summed E-state index contributed by atoms with van der Waals surface area (Å²) in [7, 11) is 0. The molecule has 0 radical (unpaired) electrons. The van der Waals surface area contributed by atoms with Gasteiger partial charge in [-0.15, -0.1) is 0 Å². The summed E-state index contributed by atoms with van der Waals surface area (Å²) >= 11 is 0. The van der Waals surface area contributed by atoms with Gasteiger partial charge in [-0.3, -0.25) is 0 Å². The molecule has 1 aliphatic rings. The molecule has 1 aromatic heterocycles. The van der Waals surface area contributed by atoms with E-state index in [1.807, 2.05) is 6.92 Å². The first-order chi connectivity index (χ1) is 9.74. The normalized spacial score (nSPS) is 19.6. The molecule has 0 aliphatic heterocycles. The van der Waals surface area contributed by atoms with E-state index >= 15 is 0 Å². The average Bonchev–Trinajstić information content (AvgIpc) is 2.91. The molecular weight excluding hydrogens is 248 g/mol. The summed E-state index contributed by atoms with van der Waals surface area (Å²) in [4.78, 5) is 4.29. The van der Waals surface area contributed by atoms with Crippen molar-refractivity contribution in [2.24, 2.45) is 0 Å². The number of benzene rings is 1. The Hall–Kier alpha value is -1.61. The lowest BCUT2D eigenvalue weighted by molar-refractivity contribution is 0.387. The summed E-state index contributed by atoms with van der Waals surface area (Å²) in [6, 6.07) is 9.01. The highest BCUT2D eigenvalue weighted by atomic mass is 16.4. The zero-order valence-electron chi connectivity index (χ0n) is 12.2. The molecule has 0 spiro atoms. The van der Waals surface area contributed by atoms with Crippen LogP contribution in [0.3, 0.4) is 0 Å². The van der Waals surface area contributed by atoms with E-state index in [0.717, 1.165) is 18.2 Å². The van der Waals surface area contributed by atoms with Gasteiger partial charge in [0, 0.05) is 6.54 Å². The number of oxazole rings is 1. The molecular formula is C17H22N2O. The zero-order valence-corrected chi connectivity index (χ0v) is 12.2. The van der Waals surface area contributed by atoms with Gasteiger partial charge in [0.05, 0.1) is 12.2 Å². The first-order valence-electron chi connectivity index (χ1n) is 7.47. The molecule has 1 heterocycles. The Morgan fingerprint density at radius 1 is 1.40 bits per heavy atom. The Kier molecular flexibility index (Phi) is 3.88. The number of aromatic nitrogens is 1. The van der Waals surface area contributed by atoms with Crippen LogP contribution >= 0.6 is 0 Å². The van der Waals surface area contributed by atoms with Crippen molar-refractivity contribution < 1.29 is 4.42 Å². The van der Waals surface area contributed by atoms with Gasteiger partial charge in [0.25, 0.3) is 0 Å². The third-order valence-electron chi connectivity index (χ3n) is 4.17. The lowest BCUT2D eigenvalue weighted by Gasteiger charge is -2.26. The molecule has 1 aromatic carbocycles. The van der Waals surface area contributed by atoms with E-state index < -0.39 is 0 Å². The van der Waals surface area contributed by atoms with Crippen LogP contribution in [-0.2, 0) is 6.42 Å². The van der Waals surface area contributed by atoms with Crippen molar-refractivity contribution in [1.29, 1.82) is 0 Å². The fourth-order valence-corrected chi connectivity index (χ4v) is 3.05. The van der Waals surface area contributed by atoms with Crippen molar-refractivity contribution in [1.82, 2.24) is 10.3 Å². The fourth-order valence-electron chi connectivity index (χ4n) is 3.05. The monoisotopic (exact) mass is 270 g/mol. The number of hydrogen-bond acceptors (Lipinski definition) is 3. The van der Waals surface area contributed by atoms with Crippen LogP contribution in [0.25, 0.3) is 0 Å². The van der Waals surface area contributed by atoms with Crippen molar-refractivity contribution in [2.45, 2.75) is 45.1 Å². The first kappa shape index (κ1) is 13.4. The Labute approximate surface area is 120 Å². The van der Waals surface area contributed by atoms with Crippen LogP contribution in [0.2, 0.25) is 0 Å². The van der Waals surface area contributed by atoms with Gasteiger partial charge in [-0.2, -0.15) is 0 Å². The fraction of sp³-hybridized carbons (Fsp3) is 0.471. The van der Waals surface area contributed by atoms with Crippen LogP contribution in [0, 0.1) is 6.92 Å². The summed E-state index contributed by atoms with van der Waals surface area (Å²) in [6.07, 6.45) is 5.56. The topological polar surface area (TPSA) is 38.1 Å². The second kappa shape index (κ2) is 5.80. The minimum Gasteiger partial charge on any atom is -0.444 e. The summed E-state index contributed by atoms with van der Waals surface area (Å²) in [5, 5.41) is 3.57. The van der Waals surface area contributed by atoms with Crippen LogP contribution in [0.5, 0.6) is 0 Å². The summed E-state index contributed by atoms with van der Waals surface area (Å²) < 4.78 is 5.58. The summed E-state index contributed by atoms with van der Waals surface area (Å²) in [6.45, 7) is 5.03. The number of aryl methyl sites for hydroxylation is 2. The van der Waals surface area contributed by atoms with Gasteiger partial charge in [-0.1, -0.05) is 24.3 Å². The highest BCUT2D eigenvalue weighted by molar-refractivity contribution is 5.32. The Bertz CT molecular complexity index is 576. The zero-order chi connectivity index (χ0) is 13.9. The summed E-state index contributed by atoms with van der Waals surface area (Å²) in [5.74, 6) is 2.27. The van der Waals surface area contributed by atoms with E-state index in [4.69, 9.17) is 4.42 Å². The average molecular weight is 270 g/mol. The molecule has 2 aromatic rings. The van der Waals surface area contributed by atoms with Gasteiger partial charge in [-0.05, 0) is 50.2 Å². The first-order valence-corrected chi connectivity index (χ1v) is 7.47. The van der Waals surface area contributed by atoms with E-state index in [9.17, 15) is 0 Å². The smallest absolute Gasteiger partial charge is 0.211 e. The van der Waals surface area contributed by atoms with Gasteiger partial charge < -0.3 is 9.73 Å². The van der Waals surface area contributed by atoms with Crippen molar-refractivity contribution in [3.8, 4) is 0 Å². The molecule has 2 atom stereocenters. The van der Waals surface area contributed by atoms with Crippen molar-refractivity contribution in [2.75, 3.05) is 6.54 Å². The third kappa shape index (κ3) is 2.78. The predicted molar refractivity (Wildman–Crippen MR) is 79.8 cm³/mol. The van der Waals surface area contributed by atoms with Gasteiger partial charge in [0.15, 0.2) is 0 Å². The molecule has 2 unspecified atom stereocenters. The van der Waals surface area contributed by atoms with Crippen molar-refractivity contribution in [3.63, 3.8) is 0 Å².